The first-order valence-electron chi connectivity index (χ1n) is 9.33. The standard InChI is InChI=1S/C20H24N6O/c1-14-22-17(10-19(23-14)24-16-7-5-9-25(2)12-16)13-26-20(27)18-8-4-3-6-15(18)11-21-26/h3-4,6,8,10-11,16H,5,7,9,12-13H2,1-2H3,(H,22,23,24)/t16-/m1/s1. The highest BCUT2D eigenvalue weighted by atomic mass is 16.1. The number of piperidine rings is 1. The van der Waals surface area contributed by atoms with E-state index in [1.807, 2.05) is 37.3 Å². The minimum absolute atomic E-state index is 0.104. The molecule has 27 heavy (non-hydrogen) atoms. The van der Waals surface area contributed by atoms with Crippen molar-refractivity contribution >= 4 is 16.6 Å². The van der Waals surface area contributed by atoms with E-state index in [1.165, 1.54) is 11.1 Å². The van der Waals surface area contributed by atoms with Gasteiger partial charge in [-0.3, -0.25) is 4.79 Å². The smallest absolute Gasteiger partial charge is 0.274 e. The summed E-state index contributed by atoms with van der Waals surface area (Å²) in [5.41, 5.74) is 0.673. The monoisotopic (exact) mass is 364 g/mol. The van der Waals surface area contributed by atoms with Crippen molar-refractivity contribution in [3.05, 3.63) is 58.4 Å². The van der Waals surface area contributed by atoms with Crippen molar-refractivity contribution in [1.82, 2.24) is 24.6 Å². The lowest BCUT2D eigenvalue weighted by atomic mass is 10.1. The van der Waals surface area contributed by atoms with Crippen LogP contribution < -0.4 is 10.9 Å². The molecular weight excluding hydrogens is 340 g/mol. The zero-order valence-corrected chi connectivity index (χ0v) is 15.7. The second-order valence-corrected chi connectivity index (χ2v) is 7.23. The number of hydrogen-bond donors (Lipinski definition) is 1. The number of aryl methyl sites for hydroxylation is 1. The predicted octanol–water partition coefficient (Wildman–Crippen LogP) is 2.05. The summed E-state index contributed by atoms with van der Waals surface area (Å²) in [4.78, 5) is 24.0. The Labute approximate surface area is 158 Å². The van der Waals surface area contributed by atoms with E-state index in [2.05, 4.69) is 32.3 Å². The topological polar surface area (TPSA) is 75.9 Å². The number of likely N-dealkylation sites (tertiary alicyclic amines) is 1. The molecule has 7 nitrogen and oxygen atoms in total. The molecule has 140 valence electrons. The van der Waals surface area contributed by atoms with Crippen LogP contribution in [0, 0.1) is 6.92 Å². The molecule has 4 rings (SSSR count). The normalized spacial score (nSPS) is 17.9. The van der Waals surface area contributed by atoms with E-state index < -0.39 is 0 Å². The number of rotatable bonds is 4. The van der Waals surface area contributed by atoms with Crippen LogP contribution in [0.4, 0.5) is 5.82 Å². The van der Waals surface area contributed by atoms with Gasteiger partial charge in [0.25, 0.3) is 5.56 Å². The van der Waals surface area contributed by atoms with Gasteiger partial charge in [0.05, 0.1) is 23.8 Å². The summed E-state index contributed by atoms with van der Waals surface area (Å²) in [5, 5.41) is 9.34. The first-order valence-corrected chi connectivity index (χ1v) is 9.33. The summed E-state index contributed by atoms with van der Waals surface area (Å²) in [6, 6.07) is 9.80. The van der Waals surface area contributed by atoms with E-state index in [4.69, 9.17) is 0 Å². The van der Waals surface area contributed by atoms with Gasteiger partial charge in [0.15, 0.2) is 0 Å². The first kappa shape index (κ1) is 17.6. The van der Waals surface area contributed by atoms with Crippen LogP contribution in [0.3, 0.4) is 0 Å². The number of likely N-dealkylation sites (N-methyl/N-ethyl adjacent to an activating group) is 1. The molecule has 0 spiro atoms. The van der Waals surface area contributed by atoms with Gasteiger partial charge in [-0.2, -0.15) is 5.10 Å². The Balaban J connectivity index is 1.58. The van der Waals surface area contributed by atoms with E-state index >= 15 is 0 Å². The molecule has 0 radical (unpaired) electrons. The Kier molecular flexibility index (Phi) is 4.85. The van der Waals surface area contributed by atoms with Crippen LogP contribution >= 0.6 is 0 Å². The Bertz CT molecular complexity index is 1010. The third-order valence-electron chi connectivity index (χ3n) is 4.94. The number of benzene rings is 1. The van der Waals surface area contributed by atoms with Gasteiger partial charge >= 0.3 is 0 Å². The molecule has 0 saturated carbocycles. The van der Waals surface area contributed by atoms with E-state index in [0.29, 0.717) is 23.8 Å². The maximum Gasteiger partial charge on any atom is 0.274 e. The van der Waals surface area contributed by atoms with E-state index in [-0.39, 0.29) is 5.56 Å². The summed E-state index contributed by atoms with van der Waals surface area (Å²) in [6.45, 7) is 4.34. The largest absolute Gasteiger partial charge is 0.366 e. The lowest BCUT2D eigenvalue weighted by Gasteiger charge is -2.30. The van der Waals surface area contributed by atoms with E-state index in [0.717, 1.165) is 36.4 Å². The Morgan fingerprint density at radius 3 is 2.96 bits per heavy atom. The second kappa shape index (κ2) is 7.44. The van der Waals surface area contributed by atoms with Gasteiger partial charge in [0, 0.05) is 24.0 Å². The van der Waals surface area contributed by atoms with E-state index in [1.54, 1.807) is 6.20 Å². The highest BCUT2D eigenvalue weighted by Crippen LogP contribution is 2.15. The third kappa shape index (κ3) is 3.98. The zero-order chi connectivity index (χ0) is 18.8. The second-order valence-electron chi connectivity index (χ2n) is 7.23. The van der Waals surface area contributed by atoms with Crippen LogP contribution in [0.1, 0.15) is 24.4 Å². The highest BCUT2D eigenvalue weighted by Gasteiger charge is 2.17. The van der Waals surface area contributed by atoms with Crippen LogP contribution in [0.2, 0.25) is 0 Å². The van der Waals surface area contributed by atoms with Crippen molar-refractivity contribution in [2.45, 2.75) is 32.4 Å². The molecular formula is C20H24N6O. The molecule has 0 bridgehead atoms. The van der Waals surface area contributed by atoms with Crippen LogP contribution in [0.25, 0.3) is 10.8 Å². The number of fused-ring (bicyclic) bond motifs is 1. The highest BCUT2D eigenvalue weighted by molar-refractivity contribution is 5.80. The number of aromatic nitrogens is 4. The predicted molar refractivity (Wildman–Crippen MR) is 106 cm³/mol. The van der Waals surface area contributed by atoms with Crippen molar-refractivity contribution in [3.8, 4) is 0 Å². The lowest BCUT2D eigenvalue weighted by Crippen LogP contribution is -2.40. The van der Waals surface area contributed by atoms with Crippen molar-refractivity contribution in [3.63, 3.8) is 0 Å². The van der Waals surface area contributed by atoms with Crippen molar-refractivity contribution in [2.24, 2.45) is 0 Å². The molecule has 0 aliphatic carbocycles. The fraction of sp³-hybridized carbons (Fsp3) is 0.400. The molecule has 2 aromatic heterocycles. The van der Waals surface area contributed by atoms with Crippen molar-refractivity contribution < 1.29 is 0 Å². The number of nitrogens with zero attached hydrogens (tertiary/aromatic N) is 5. The number of anilines is 1. The average molecular weight is 364 g/mol. The summed E-state index contributed by atoms with van der Waals surface area (Å²) in [6.07, 6.45) is 4.04. The molecule has 3 aromatic rings. The van der Waals surface area contributed by atoms with Crippen molar-refractivity contribution in [2.75, 3.05) is 25.5 Å². The molecule has 1 aliphatic heterocycles. The Morgan fingerprint density at radius 2 is 2.11 bits per heavy atom. The molecule has 1 aromatic carbocycles. The van der Waals surface area contributed by atoms with Gasteiger partial charge in [-0.1, -0.05) is 18.2 Å². The zero-order valence-electron chi connectivity index (χ0n) is 15.7. The molecule has 1 N–H and O–H groups in total. The molecule has 1 saturated heterocycles. The molecule has 1 aliphatic rings. The van der Waals surface area contributed by atoms with Gasteiger partial charge in [0.1, 0.15) is 11.6 Å². The van der Waals surface area contributed by atoms with Crippen LogP contribution in [-0.4, -0.2) is 50.8 Å². The van der Waals surface area contributed by atoms with Gasteiger partial charge in [0.2, 0.25) is 0 Å². The minimum atomic E-state index is -0.104. The molecule has 1 atom stereocenters. The van der Waals surface area contributed by atoms with Gasteiger partial charge in [-0.25, -0.2) is 14.6 Å². The first-order chi connectivity index (χ1) is 13.1. The summed E-state index contributed by atoms with van der Waals surface area (Å²) in [7, 11) is 2.14. The van der Waals surface area contributed by atoms with Crippen LogP contribution in [0.15, 0.2) is 41.3 Å². The Hall–Kier alpha value is -2.80. The fourth-order valence-corrected chi connectivity index (χ4v) is 3.67. The van der Waals surface area contributed by atoms with E-state index in [9.17, 15) is 4.79 Å². The van der Waals surface area contributed by atoms with Gasteiger partial charge < -0.3 is 10.2 Å². The fourth-order valence-electron chi connectivity index (χ4n) is 3.67. The lowest BCUT2D eigenvalue weighted by molar-refractivity contribution is 0.260. The summed E-state index contributed by atoms with van der Waals surface area (Å²) < 4.78 is 1.46. The maximum atomic E-state index is 12.7. The van der Waals surface area contributed by atoms with Gasteiger partial charge in [-0.15, -0.1) is 0 Å². The van der Waals surface area contributed by atoms with Crippen molar-refractivity contribution in [1.29, 1.82) is 0 Å². The van der Waals surface area contributed by atoms with Crippen LogP contribution in [-0.2, 0) is 6.54 Å². The minimum Gasteiger partial charge on any atom is -0.366 e. The molecule has 7 heteroatoms. The summed E-state index contributed by atoms with van der Waals surface area (Å²) in [5.74, 6) is 1.50. The van der Waals surface area contributed by atoms with Gasteiger partial charge in [-0.05, 0) is 39.4 Å². The maximum absolute atomic E-state index is 12.7. The number of nitrogens with one attached hydrogen (secondary N) is 1. The SMILES string of the molecule is Cc1nc(Cn2ncc3ccccc3c2=O)cc(N[C@@H]2CCCN(C)C2)n1. The molecule has 3 heterocycles. The molecule has 1 fully saturated rings. The Morgan fingerprint density at radius 1 is 1.26 bits per heavy atom. The summed E-state index contributed by atoms with van der Waals surface area (Å²) >= 11 is 0. The molecule has 0 amide bonds. The molecule has 0 unspecified atom stereocenters. The number of hydrogen-bond acceptors (Lipinski definition) is 6. The average Bonchev–Trinajstić information content (AvgIpc) is 2.64. The van der Waals surface area contributed by atoms with Crippen LogP contribution in [0.5, 0.6) is 0 Å². The quantitative estimate of drug-likeness (QED) is 0.764. The third-order valence-corrected chi connectivity index (χ3v) is 4.94.